The van der Waals surface area contributed by atoms with Gasteiger partial charge in [-0.2, -0.15) is 5.01 Å². The summed E-state index contributed by atoms with van der Waals surface area (Å²) in [6, 6.07) is -1.31. The summed E-state index contributed by atoms with van der Waals surface area (Å²) in [5.41, 5.74) is 1.84. The summed E-state index contributed by atoms with van der Waals surface area (Å²) in [4.78, 5) is 39.3. The van der Waals surface area contributed by atoms with Crippen LogP contribution < -0.4 is 5.43 Å². The van der Waals surface area contributed by atoms with Crippen LogP contribution in [0.2, 0.25) is 18.1 Å². The third-order valence-corrected chi connectivity index (χ3v) is 10.0. The maximum absolute atomic E-state index is 13.3. The topological polar surface area (TPSA) is 103 Å². The third kappa shape index (κ3) is 12.3. The largest absolute Gasteiger partial charge is 0.467 e. The minimum Gasteiger partial charge on any atom is -0.467 e. The van der Waals surface area contributed by atoms with Gasteiger partial charge in [0, 0.05) is 0 Å². The average Bonchev–Trinajstić information content (AvgIpc) is 2.62. The van der Waals surface area contributed by atoms with Crippen molar-refractivity contribution < 1.29 is 33.0 Å². The zero-order valence-electron chi connectivity index (χ0n) is 25.0. The summed E-state index contributed by atoms with van der Waals surface area (Å²) in [6.45, 7) is 24.5. The van der Waals surface area contributed by atoms with Gasteiger partial charge < -0.3 is 18.6 Å². The maximum Gasteiger partial charge on any atom is 0.430 e. The van der Waals surface area contributed by atoms with E-state index in [0.717, 1.165) is 10.6 Å². The average molecular weight is 531 g/mol. The van der Waals surface area contributed by atoms with Crippen molar-refractivity contribution in [2.24, 2.45) is 0 Å². The van der Waals surface area contributed by atoms with Crippen molar-refractivity contribution in [3.05, 3.63) is 11.6 Å². The molecule has 210 valence electrons. The third-order valence-electron chi connectivity index (χ3n) is 5.53. The highest BCUT2D eigenvalue weighted by atomic mass is 28.4. The Balaban J connectivity index is 6.68. The molecule has 0 aromatic heterocycles. The van der Waals surface area contributed by atoms with Crippen LogP contribution in [0.4, 0.5) is 9.59 Å². The number of methoxy groups -OCH3 is 1. The van der Waals surface area contributed by atoms with Gasteiger partial charge in [-0.1, -0.05) is 32.4 Å². The number of ether oxygens (including phenoxy) is 3. The number of hydrogen-bond donors (Lipinski definition) is 1. The summed E-state index contributed by atoms with van der Waals surface area (Å²) in [5.74, 6) is -0.738. The molecule has 0 unspecified atom stereocenters. The number of nitrogens with zero attached hydrogens (tertiary/aromatic N) is 1. The lowest BCUT2D eigenvalue weighted by Crippen LogP contribution is -2.62. The van der Waals surface area contributed by atoms with Crippen molar-refractivity contribution in [3.8, 4) is 0 Å². The van der Waals surface area contributed by atoms with E-state index < -0.39 is 49.8 Å². The molecule has 0 aromatic rings. The Morgan fingerprint density at radius 3 is 1.81 bits per heavy atom. The number of hydrogen-bond acceptors (Lipinski definition) is 7. The lowest BCUT2D eigenvalue weighted by Gasteiger charge is -2.43. The SMILES string of the molecule is COC(=O)[C@@H]([C@@H](CCC=C(C)C)O[Si](C)(C)C(C)(C)C)N(NC(=O)OC(C)(C)C)C(=O)OC(C)(C)C. The Labute approximate surface area is 219 Å². The number of carbonyl (C=O) groups excluding carboxylic acids is 3. The smallest absolute Gasteiger partial charge is 0.430 e. The summed E-state index contributed by atoms with van der Waals surface area (Å²) >= 11 is 0. The molecular weight excluding hydrogens is 480 g/mol. The van der Waals surface area contributed by atoms with Gasteiger partial charge >= 0.3 is 18.2 Å². The van der Waals surface area contributed by atoms with Crippen LogP contribution in [0.15, 0.2) is 11.6 Å². The van der Waals surface area contributed by atoms with Gasteiger partial charge in [0.2, 0.25) is 0 Å². The fourth-order valence-corrected chi connectivity index (χ4v) is 4.21. The second-order valence-corrected chi connectivity index (χ2v) is 17.5. The maximum atomic E-state index is 13.3. The molecule has 0 aliphatic heterocycles. The molecule has 0 rings (SSSR count). The van der Waals surface area contributed by atoms with Crippen LogP contribution in [0.5, 0.6) is 0 Å². The number of nitrogens with one attached hydrogen (secondary N) is 1. The lowest BCUT2D eigenvalue weighted by atomic mass is 10.0. The molecule has 10 heteroatoms. The Morgan fingerprint density at radius 2 is 1.42 bits per heavy atom. The molecule has 2 amide bonds. The molecule has 0 heterocycles. The molecule has 1 N–H and O–H groups in total. The fraction of sp³-hybridized carbons (Fsp3) is 0.808. The molecule has 0 aliphatic carbocycles. The molecule has 0 radical (unpaired) electrons. The Bertz CT molecular complexity index is 786. The summed E-state index contributed by atoms with van der Waals surface area (Å²) < 4.78 is 22.7. The van der Waals surface area contributed by atoms with E-state index in [1.807, 2.05) is 19.9 Å². The van der Waals surface area contributed by atoms with Crippen LogP contribution in [0.1, 0.15) is 89.0 Å². The van der Waals surface area contributed by atoms with Crippen LogP contribution in [0, 0.1) is 0 Å². The molecule has 0 saturated heterocycles. The van der Waals surface area contributed by atoms with E-state index in [1.54, 1.807) is 41.5 Å². The van der Waals surface area contributed by atoms with E-state index in [2.05, 4.69) is 39.3 Å². The van der Waals surface area contributed by atoms with E-state index in [9.17, 15) is 14.4 Å². The van der Waals surface area contributed by atoms with Gasteiger partial charge in [0.05, 0.1) is 13.2 Å². The molecule has 0 bridgehead atoms. The minimum absolute atomic E-state index is 0.169. The van der Waals surface area contributed by atoms with Gasteiger partial charge in [-0.25, -0.2) is 19.8 Å². The summed E-state index contributed by atoms with van der Waals surface area (Å²) in [6.07, 6.45) is 0.440. The number of hydrazine groups is 1. The standard InChI is InChI=1S/C26H50N2O7Si/c1-18(2)16-15-17-19(35-36(13,14)26(9,10)11)20(21(29)32-12)28(23(31)34-25(6,7)8)27-22(30)33-24(3,4)5/h16,19-20H,15,17H2,1-14H3,(H,27,30)/t19-,20-/m1/s1. The van der Waals surface area contributed by atoms with Crippen molar-refractivity contribution in [1.82, 2.24) is 10.4 Å². The zero-order valence-corrected chi connectivity index (χ0v) is 26.0. The van der Waals surface area contributed by atoms with Gasteiger partial charge in [0.1, 0.15) is 11.2 Å². The van der Waals surface area contributed by atoms with Crippen LogP contribution >= 0.6 is 0 Å². The van der Waals surface area contributed by atoms with Gasteiger partial charge in [-0.05, 0) is 86.4 Å². The van der Waals surface area contributed by atoms with E-state index in [4.69, 9.17) is 18.6 Å². The van der Waals surface area contributed by atoms with Crippen LogP contribution in [0.3, 0.4) is 0 Å². The number of carbonyl (C=O) groups is 3. The van der Waals surface area contributed by atoms with Gasteiger partial charge in [-0.3, -0.25) is 0 Å². The van der Waals surface area contributed by atoms with E-state index in [-0.39, 0.29) is 5.04 Å². The molecular formula is C26H50N2O7Si. The first-order valence-corrected chi connectivity index (χ1v) is 15.3. The van der Waals surface area contributed by atoms with Crippen LogP contribution in [-0.4, -0.2) is 61.9 Å². The van der Waals surface area contributed by atoms with Gasteiger partial charge in [0.15, 0.2) is 14.4 Å². The number of amides is 2. The van der Waals surface area contributed by atoms with E-state index in [0.29, 0.717) is 12.8 Å². The van der Waals surface area contributed by atoms with Crippen molar-refractivity contribution in [2.45, 2.75) is 130 Å². The quantitative estimate of drug-likeness (QED) is 0.128. The van der Waals surface area contributed by atoms with Crippen LogP contribution in [0.25, 0.3) is 0 Å². The Kier molecular flexibility index (Phi) is 12.2. The highest BCUT2D eigenvalue weighted by Gasteiger charge is 2.46. The predicted octanol–water partition coefficient (Wildman–Crippen LogP) is 6.34. The zero-order chi connectivity index (χ0) is 28.7. The Hall–Kier alpha value is -2.07. The second-order valence-electron chi connectivity index (χ2n) is 12.7. The normalized spacial score (nSPS) is 14.3. The monoisotopic (exact) mass is 530 g/mol. The molecule has 0 saturated carbocycles. The van der Waals surface area contributed by atoms with Crippen molar-refractivity contribution in [2.75, 3.05) is 7.11 Å². The lowest BCUT2D eigenvalue weighted by molar-refractivity contribution is -0.152. The minimum atomic E-state index is -2.42. The van der Waals surface area contributed by atoms with Crippen LogP contribution in [-0.2, 0) is 23.4 Å². The number of rotatable bonds is 8. The molecule has 9 nitrogen and oxygen atoms in total. The fourth-order valence-electron chi connectivity index (χ4n) is 2.86. The first kappa shape index (κ1) is 33.9. The van der Waals surface area contributed by atoms with Gasteiger partial charge in [0.25, 0.3) is 0 Å². The molecule has 0 aromatic carbocycles. The number of esters is 1. The highest BCUT2D eigenvalue weighted by molar-refractivity contribution is 6.74. The first-order chi connectivity index (χ1) is 16.0. The van der Waals surface area contributed by atoms with Crippen molar-refractivity contribution >= 4 is 26.5 Å². The molecule has 36 heavy (non-hydrogen) atoms. The van der Waals surface area contributed by atoms with Crippen molar-refractivity contribution in [1.29, 1.82) is 0 Å². The number of allylic oxidation sites excluding steroid dienone is 2. The van der Waals surface area contributed by atoms with E-state index in [1.165, 1.54) is 7.11 Å². The second kappa shape index (κ2) is 12.9. The Morgan fingerprint density at radius 1 is 0.917 bits per heavy atom. The van der Waals surface area contributed by atoms with Crippen molar-refractivity contribution in [3.63, 3.8) is 0 Å². The predicted molar refractivity (Wildman–Crippen MR) is 144 cm³/mol. The van der Waals surface area contributed by atoms with E-state index >= 15 is 0 Å². The summed E-state index contributed by atoms with van der Waals surface area (Å²) in [5, 5.41) is 0.684. The molecule has 0 aliphatic rings. The first-order valence-electron chi connectivity index (χ1n) is 12.4. The van der Waals surface area contributed by atoms with Gasteiger partial charge in [-0.15, -0.1) is 0 Å². The molecule has 2 atom stereocenters. The molecule has 0 fully saturated rings. The summed E-state index contributed by atoms with van der Waals surface area (Å²) in [7, 11) is -1.19. The highest BCUT2D eigenvalue weighted by Crippen LogP contribution is 2.38. The molecule has 0 spiro atoms.